The molecule has 3 aromatic rings. The lowest BCUT2D eigenvalue weighted by Gasteiger charge is -2.08. The van der Waals surface area contributed by atoms with Crippen molar-refractivity contribution >= 4 is 22.6 Å². The van der Waals surface area contributed by atoms with Gasteiger partial charge >= 0.3 is 0 Å². The Morgan fingerprint density at radius 1 is 1.30 bits per heavy atom. The maximum atomic E-state index is 13.8. The van der Waals surface area contributed by atoms with Crippen LogP contribution in [0.2, 0.25) is 5.02 Å². The number of hydrogen-bond donors (Lipinski definition) is 1. The highest BCUT2D eigenvalue weighted by Crippen LogP contribution is 2.33. The topological polar surface area (TPSA) is 38.0 Å². The Balaban J connectivity index is 2.36. The van der Waals surface area contributed by atoms with Crippen LogP contribution >= 0.6 is 11.6 Å². The van der Waals surface area contributed by atoms with Crippen molar-refractivity contribution in [1.29, 1.82) is 0 Å². The molecule has 0 amide bonds. The molecule has 0 fully saturated rings. The minimum Gasteiger partial charge on any atom is -0.507 e. The van der Waals surface area contributed by atoms with Gasteiger partial charge in [0.2, 0.25) is 0 Å². The zero-order valence-electron chi connectivity index (χ0n) is 10.8. The van der Waals surface area contributed by atoms with E-state index in [4.69, 9.17) is 11.6 Å². The Hall–Kier alpha value is -2.07. The molecule has 0 saturated carbocycles. The first kappa shape index (κ1) is 12.9. The van der Waals surface area contributed by atoms with Crippen molar-refractivity contribution in [3.05, 3.63) is 47.2 Å². The van der Waals surface area contributed by atoms with Gasteiger partial charge in [0.05, 0.1) is 11.1 Å². The number of aryl methyl sites for hydroxylation is 1. The van der Waals surface area contributed by atoms with Crippen LogP contribution in [0.4, 0.5) is 4.39 Å². The highest BCUT2D eigenvalue weighted by atomic mass is 35.5. The summed E-state index contributed by atoms with van der Waals surface area (Å²) in [6, 6.07) is 9.56. The van der Waals surface area contributed by atoms with E-state index in [1.807, 2.05) is 11.5 Å². The second-order valence-corrected chi connectivity index (χ2v) is 4.89. The molecule has 0 saturated heterocycles. The number of halogens is 2. The first-order valence-electron chi connectivity index (χ1n) is 6.25. The third-order valence-electron chi connectivity index (χ3n) is 3.25. The summed E-state index contributed by atoms with van der Waals surface area (Å²) >= 11 is 5.97. The van der Waals surface area contributed by atoms with E-state index in [1.54, 1.807) is 24.3 Å². The summed E-state index contributed by atoms with van der Waals surface area (Å²) in [6.07, 6.45) is 0. The zero-order valence-corrected chi connectivity index (χ0v) is 11.5. The highest BCUT2D eigenvalue weighted by Gasteiger charge is 2.16. The van der Waals surface area contributed by atoms with E-state index < -0.39 is 0 Å². The predicted octanol–water partition coefficient (Wildman–Crippen LogP) is 4.22. The van der Waals surface area contributed by atoms with Gasteiger partial charge in [0.25, 0.3) is 0 Å². The molecule has 0 aliphatic carbocycles. The molecule has 1 heterocycles. The molecule has 0 atom stereocenters. The molecule has 0 radical (unpaired) electrons. The molecule has 0 bridgehead atoms. The Morgan fingerprint density at radius 3 is 2.85 bits per heavy atom. The summed E-state index contributed by atoms with van der Waals surface area (Å²) < 4.78 is 15.7. The smallest absolute Gasteiger partial charge is 0.151 e. The molecular weight excluding hydrogens is 279 g/mol. The molecule has 1 aromatic heterocycles. The number of phenols is 1. The SMILES string of the molecule is CCn1c(-c2cc(Cl)ccc2O)nc2c(F)cccc21. The maximum Gasteiger partial charge on any atom is 0.151 e. The fraction of sp³-hybridized carbons (Fsp3) is 0.133. The van der Waals surface area contributed by atoms with Crippen LogP contribution in [0.1, 0.15) is 6.92 Å². The average molecular weight is 291 g/mol. The van der Waals surface area contributed by atoms with Crippen molar-refractivity contribution in [2.24, 2.45) is 0 Å². The van der Waals surface area contributed by atoms with Gasteiger partial charge in [0, 0.05) is 11.6 Å². The van der Waals surface area contributed by atoms with E-state index in [0.717, 1.165) is 0 Å². The summed E-state index contributed by atoms with van der Waals surface area (Å²) in [5.41, 5.74) is 1.49. The first-order valence-corrected chi connectivity index (χ1v) is 6.63. The summed E-state index contributed by atoms with van der Waals surface area (Å²) in [4.78, 5) is 4.32. The minimum atomic E-state index is -0.377. The van der Waals surface area contributed by atoms with Gasteiger partial charge in [-0.2, -0.15) is 0 Å². The molecule has 5 heteroatoms. The van der Waals surface area contributed by atoms with Gasteiger partial charge in [0.15, 0.2) is 5.82 Å². The lowest BCUT2D eigenvalue weighted by atomic mass is 10.2. The van der Waals surface area contributed by atoms with Crippen molar-refractivity contribution < 1.29 is 9.50 Å². The number of aromatic nitrogens is 2. The van der Waals surface area contributed by atoms with Crippen LogP contribution in [0, 0.1) is 5.82 Å². The highest BCUT2D eigenvalue weighted by molar-refractivity contribution is 6.30. The van der Waals surface area contributed by atoms with Crippen molar-refractivity contribution in [3.63, 3.8) is 0 Å². The van der Waals surface area contributed by atoms with Gasteiger partial charge in [-0.3, -0.25) is 0 Å². The summed E-state index contributed by atoms with van der Waals surface area (Å²) in [5, 5.41) is 10.5. The largest absolute Gasteiger partial charge is 0.507 e. The molecule has 102 valence electrons. The van der Waals surface area contributed by atoms with E-state index in [0.29, 0.717) is 34.0 Å². The van der Waals surface area contributed by atoms with Gasteiger partial charge in [-0.05, 0) is 37.3 Å². The summed E-state index contributed by atoms with van der Waals surface area (Å²) in [5.74, 6) is 0.199. The van der Waals surface area contributed by atoms with E-state index in [1.165, 1.54) is 12.1 Å². The lowest BCUT2D eigenvalue weighted by Crippen LogP contribution is -1.97. The molecule has 3 rings (SSSR count). The fourth-order valence-corrected chi connectivity index (χ4v) is 2.50. The third-order valence-corrected chi connectivity index (χ3v) is 3.48. The third kappa shape index (κ3) is 1.93. The molecule has 0 aliphatic heterocycles. The Morgan fingerprint density at radius 2 is 2.10 bits per heavy atom. The van der Waals surface area contributed by atoms with E-state index in [-0.39, 0.29) is 11.6 Å². The number of benzene rings is 2. The van der Waals surface area contributed by atoms with E-state index in [9.17, 15) is 9.50 Å². The molecule has 1 N–H and O–H groups in total. The number of phenolic OH excluding ortho intramolecular Hbond substituents is 1. The number of fused-ring (bicyclic) bond motifs is 1. The molecule has 0 spiro atoms. The number of imidazole rings is 1. The van der Waals surface area contributed by atoms with Crippen molar-refractivity contribution in [1.82, 2.24) is 9.55 Å². The Bertz CT molecular complexity index is 798. The quantitative estimate of drug-likeness (QED) is 0.767. The van der Waals surface area contributed by atoms with Crippen molar-refractivity contribution in [3.8, 4) is 17.1 Å². The van der Waals surface area contributed by atoms with Gasteiger partial charge in [-0.25, -0.2) is 9.37 Å². The molecule has 0 aliphatic rings. The van der Waals surface area contributed by atoms with Crippen LogP contribution in [0.3, 0.4) is 0 Å². The van der Waals surface area contributed by atoms with Crippen molar-refractivity contribution in [2.45, 2.75) is 13.5 Å². The van der Waals surface area contributed by atoms with Gasteiger partial charge < -0.3 is 9.67 Å². The second kappa shape index (κ2) is 4.80. The predicted molar refractivity (Wildman–Crippen MR) is 77.5 cm³/mol. The zero-order chi connectivity index (χ0) is 14.3. The lowest BCUT2D eigenvalue weighted by molar-refractivity contribution is 0.476. The number of rotatable bonds is 2. The van der Waals surface area contributed by atoms with Gasteiger partial charge in [-0.15, -0.1) is 0 Å². The van der Waals surface area contributed by atoms with E-state index in [2.05, 4.69) is 4.98 Å². The Labute approximate surface area is 120 Å². The van der Waals surface area contributed by atoms with Crippen LogP contribution in [-0.2, 0) is 6.54 Å². The summed E-state index contributed by atoms with van der Waals surface area (Å²) in [7, 11) is 0. The van der Waals surface area contributed by atoms with E-state index >= 15 is 0 Å². The second-order valence-electron chi connectivity index (χ2n) is 4.45. The molecule has 2 aromatic carbocycles. The number of nitrogens with zero attached hydrogens (tertiary/aromatic N) is 2. The fourth-order valence-electron chi connectivity index (χ4n) is 2.33. The first-order chi connectivity index (χ1) is 9.61. The number of para-hydroxylation sites is 1. The van der Waals surface area contributed by atoms with Gasteiger partial charge in [-0.1, -0.05) is 17.7 Å². The minimum absolute atomic E-state index is 0.0693. The van der Waals surface area contributed by atoms with Crippen LogP contribution in [0.5, 0.6) is 5.75 Å². The Kier molecular flexibility index (Phi) is 3.10. The molecule has 20 heavy (non-hydrogen) atoms. The van der Waals surface area contributed by atoms with Crippen molar-refractivity contribution in [2.75, 3.05) is 0 Å². The van der Waals surface area contributed by atoms with Crippen LogP contribution in [0.15, 0.2) is 36.4 Å². The summed E-state index contributed by atoms with van der Waals surface area (Å²) in [6.45, 7) is 2.55. The standard InChI is InChI=1S/C15H12ClFN2O/c1-2-19-12-5-3-4-11(17)14(12)18-15(19)10-8-9(16)6-7-13(10)20/h3-8,20H,2H2,1H3. The number of hydrogen-bond acceptors (Lipinski definition) is 2. The van der Waals surface area contributed by atoms with Crippen LogP contribution in [0.25, 0.3) is 22.4 Å². The monoisotopic (exact) mass is 290 g/mol. The molecule has 3 nitrogen and oxygen atoms in total. The molecular formula is C15H12ClFN2O. The molecule has 0 unspecified atom stereocenters. The number of aromatic hydroxyl groups is 1. The van der Waals surface area contributed by atoms with Crippen LogP contribution in [-0.4, -0.2) is 14.7 Å². The average Bonchev–Trinajstić information content (AvgIpc) is 2.81. The normalized spacial score (nSPS) is 11.2. The maximum absolute atomic E-state index is 13.8. The van der Waals surface area contributed by atoms with Crippen LogP contribution < -0.4 is 0 Å². The van der Waals surface area contributed by atoms with Gasteiger partial charge in [0.1, 0.15) is 17.1 Å².